The van der Waals surface area contributed by atoms with Crippen molar-refractivity contribution >= 4 is 0 Å². The summed E-state index contributed by atoms with van der Waals surface area (Å²) in [5, 5.41) is 14.8. The molecule has 0 spiro atoms. The monoisotopic (exact) mass is 232 g/mol. The lowest BCUT2D eigenvalue weighted by Crippen LogP contribution is -2.23. The first-order valence-electron chi connectivity index (χ1n) is 5.60. The Balaban J connectivity index is 2.13. The van der Waals surface area contributed by atoms with Crippen molar-refractivity contribution in [3.63, 3.8) is 0 Å². The molecule has 0 fully saturated rings. The largest absolute Gasteiger partial charge is 0.380 e. The zero-order valence-electron chi connectivity index (χ0n) is 9.52. The second kappa shape index (κ2) is 3.40. The average Bonchev–Trinajstić information content (AvgIpc) is 2.85. The molecule has 2 aromatic rings. The van der Waals surface area contributed by atoms with Gasteiger partial charge in [0.05, 0.1) is 6.20 Å². The van der Waals surface area contributed by atoms with Gasteiger partial charge < -0.3 is 5.11 Å². The molecule has 0 bridgehead atoms. The van der Waals surface area contributed by atoms with Crippen LogP contribution in [0.1, 0.15) is 23.1 Å². The summed E-state index contributed by atoms with van der Waals surface area (Å²) in [5.74, 6) is -0.251. The van der Waals surface area contributed by atoms with Crippen LogP contribution in [0.2, 0.25) is 0 Å². The number of aryl methyl sites for hydroxylation is 2. The van der Waals surface area contributed by atoms with E-state index in [1.807, 2.05) is 7.05 Å². The van der Waals surface area contributed by atoms with Crippen LogP contribution in [0.3, 0.4) is 0 Å². The van der Waals surface area contributed by atoms with Gasteiger partial charge in [0.25, 0.3) is 0 Å². The number of aliphatic hydroxyl groups is 1. The maximum Gasteiger partial charge on any atom is 0.123 e. The van der Waals surface area contributed by atoms with Gasteiger partial charge in [-0.3, -0.25) is 4.68 Å². The van der Waals surface area contributed by atoms with E-state index < -0.39 is 5.60 Å². The number of halogens is 1. The third kappa shape index (κ3) is 1.48. The first-order chi connectivity index (χ1) is 8.09. The van der Waals surface area contributed by atoms with Crippen LogP contribution < -0.4 is 0 Å². The number of hydrogen-bond acceptors (Lipinski definition) is 2. The predicted molar refractivity (Wildman–Crippen MR) is 60.9 cm³/mol. The van der Waals surface area contributed by atoms with E-state index in [4.69, 9.17) is 0 Å². The van der Waals surface area contributed by atoms with Crippen molar-refractivity contribution in [1.82, 2.24) is 9.78 Å². The first-order valence-corrected chi connectivity index (χ1v) is 5.60. The highest BCUT2D eigenvalue weighted by molar-refractivity contribution is 5.44. The van der Waals surface area contributed by atoms with Crippen LogP contribution in [0, 0.1) is 5.82 Å². The number of aromatic nitrogens is 2. The Morgan fingerprint density at radius 2 is 2.29 bits per heavy atom. The molecule has 1 N–H and O–H groups in total. The molecule has 0 radical (unpaired) electrons. The fraction of sp³-hybridized carbons (Fsp3) is 0.308. The lowest BCUT2D eigenvalue weighted by Gasteiger charge is -2.22. The molecule has 1 heterocycles. The van der Waals surface area contributed by atoms with E-state index in [1.54, 1.807) is 23.1 Å². The van der Waals surface area contributed by atoms with Crippen LogP contribution in [-0.4, -0.2) is 14.9 Å². The molecular weight excluding hydrogens is 219 g/mol. The SMILES string of the molecule is Cn1cc(C2(O)CCc3cc(F)ccc32)cn1. The molecule has 1 aromatic carbocycles. The molecule has 4 heteroatoms. The van der Waals surface area contributed by atoms with Gasteiger partial charge in [-0.25, -0.2) is 4.39 Å². The Bertz CT molecular complexity index is 579. The molecule has 3 nitrogen and oxygen atoms in total. The highest BCUT2D eigenvalue weighted by Gasteiger charge is 2.39. The Labute approximate surface area is 98.5 Å². The number of benzene rings is 1. The molecule has 1 atom stereocenters. The second-order valence-corrected chi connectivity index (χ2v) is 4.56. The fourth-order valence-corrected chi connectivity index (χ4v) is 2.56. The highest BCUT2D eigenvalue weighted by Crippen LogP contribution is 2.41. The summed E-state index contributed by atoms with van der Waals surface area (Å²) < 4.78 is 14.8. The molecular formula is C13H13FN2O. The van der Waals surface area contributed by atoms with Crippen LogP contribution in [0.15, 0.2) is 30.6 Å². The average molecular weight is 232 g/mol. The summed E-state index contributed by atoms with van der Waals surface area (Å²) in [7, 11) is 1.81. The molecule has 0 saturated carbocycles. The Kier molecular flexibility index (Phi) is 2.10. The molecule has 0 amide bonds. The lowest BCUT2D eigenvalue weighted by molar-refractivity contribution is 0.0828. The smallest absolute Gasteiger partial charge is 0.123 e. The first kappa shape index (κ1) is 10.5. The third-order valence-corrected chi connectivity index (χ3v) is 3.45. The third-order valence-electron chi connectivity index (χ3n) is 3.45. The van der Waals surface area contributed by atoms with Gasteiger partial charge in [0.2, 0.25) is 0 Å². The molecule has 17 heavy (non-hydrogen) atoms. The topological polar surface area (TPSA) is 38.0 Å². The lowest BCUT2D eigenvalue weighted by atomic mass is 9.90. The minimum Gasteiger partial charge on any atom is -0.380 e. The van der Waals surface area contributed by atoms with Crippen molar-refractivity contribution in [3.05, 3.63) is 53.1 Å². The Hall–Kier alpha value is -1.68. The standard InChI is InChI=1S/C13H13FN2O/c1-16-8-10(7-15-16)13(17)5-4-9-6-11(14)2-3-12(9)13/h2-3,6-8,17H,4-5H2,1H3. The molecule has 3 rings (SSSR count). The van der Waals surface area contributed by atoms with E-state index in [2.05, 4.69) is 5.10 Å². The summed E-state index contributed by atoms with van der Waals surface area (Å²) in [5.41, 5.74) is 1.44. The quantitative estimate of drug-likeness (QED) is 0.813. The van der Waals surface area contributed by atoms with Crippen LogP contribution in [0.25, 0.3) is 0 Å². The van der Waals surface area contributed by atoms with Gasteiger partial charge >= 0.3 is 0 Å². The second-order valence-electron chi connectivity index (χ2n) is 4.56. The Morgan fingerprint density at radius 3 is 3.00 bits per heavy atom. The number of nitrogens with zero attached hydrogens (tertiary/aromatic N) is 2. The van der Waals surface area contributed by atoms with Gasteiger partial charge in [-0.05, 0) is 36.1 Å². The number of rotatable bonds is 1. The zero-order chi connectivity index (χ0) is 12.0. The summed E-state index contributed by atoms with van der Waals surface area (Å²) >= 11 is 0. The normalized spacial score (nSPS) is 22.8. The van der Waals surface area contributed by atoms with Gasteiger partial charge in [0.1, 0.15) is 11.4 Å². The van der Waals surface area contributed by atoms with E-state index in [9.17, 15) is 9.50 Å². The number of fused-ring (bicyclic) bond motifs is 1. The summed E-state index contributed by atoms with van der Waals surface area (Å²) in [4.78, 5) is 0. The van der Waals surface area contributed by atoms with E-state index >= 15 is 0 Å². The van der Waals surface area contributed by atoms with E-state index in [-0.39, 0.29) is 5.82 Å². The highest BCUT2D eigenvalue weighted by atomic mass is 19.1. The maximum atomic E-state index is 13.1. The molecule has 1 aliphatic carbocycles. The summed E-state index contributed by atoms with van der Waals surface area (Å²) in [6, 6.07) is 4.57. The van der Waals surface area contributed by atoms with Crippen LogP contribution in [-0.2, 0) is 19.1 Å². The minimum atomic E-state index is -1.02. The summed E-state index contributed by atoms with van der Waals surface area (Å²) in [6.45, 7) is 0. The zero-order valence-corrected chi connectivity index (χ0v) is 9.52. The molecule has 88 valence electrons. The molecule has 0 aliphatic heterocycles. The molecule has 0 saturated heterocycles. The van der Waals surface area contributed by atoms with Gasteiger partial charge in [-0.15, -0.1) is 0 Å². The van der Waals surface area contributed by atoms with E-state index in [0.29, 0.717) is 12.8 Å². The van der Waals surface area contributed by atoms with Crippen molar-refractivity contribution < 1.29 is 9.50 Å². The minimum absolute atomic E-state index is 0.251. The van der Waals surface area contributed by atoms with Crippen molar-refractivity contribution in [3.8, 4) is 0 Å². The van der Waals surface area contributed by atoms with Gasteiger partial charge in [-0.1, -0.05) is 6.07 Å². The fourth-order valence-electron chi connectivity index (χ4n) is 2.56. The van der Waals surface area contributed by atoms with Crippen LogP contribution in [0.5, 0.6) is 0 Å². The molecule has 1 aliphatic rings. The molecule has 1 unspecified atom stereocenters. The number of hydrogen-bond donors (Lipinski definition) is 1. The molecule has 1 aromatic heterocycles. The van der Waals surface area contributed by atoms with Gasteiger partial charge in [0, 0.05) is 18.8 Å². The van der Waals surface area contributed by atoms with Gasteiger partial charge in [0.15, 0.2) is 0 Å². The Morgan fingerprint density at radius 1 is 1.47 bits per heavy atom. The summed E-state index contributed by atoms with van der Waals surface area (Å²) in [6.07, 6.45) is 4.74. The van der Waals surface area contributed by atoms with Crippen LogP contribution in [0.4, 0.5) is 4.39 Å². The van der Waals surface area contributed by atoms with Crippen LogP contribution >= 0.6 is 0 Å². The van der Waals surface area contributed by atoms with E-state index in [1.165, 1.54) is 12.1 Å². The maximum absolute atomic E-state index is 13.1. The predicted octanol–water partition coefficient (Wildman–Crippen LogP) is 1.74. The van der Waals surface area contributed by atoms with Crippen molar-refractivity contribution in [2.75, 3.05) is 0 Å². The van der Waals surface area contributed by atoms with Crippen molar-refractivity contribution in [2.24, 2.45) is 7.05 Å². The van der Waals surface area contributed by atoms with E-state index in [0.717, 1.165) is 16.7 Å². The van der Waals surface area contributed by atoms with Gasteiger partial charge in [-0.2, -0.15) is 5.10 Å². The van der Waals surface area contributed by atoms with Crippen molar-refractivity contribution in [1.29, 1.82) is 0 Å². The van der Waals surface area contributed by atoms with Crippen molar-refractivity contribution in [2.45, 2.75) is 18.4 Å².